The summed E-state index contributed by atoms with van der Waals surface area (Å²) in [5.41, 5.74) is 21.8. The third-order valence-corrected chi connectivity index (χ3v) is 5.02. The van der Waals surface area contributed by atoms with Crippen LogP contribution in [0.25, 0.3) is 0 Å². The summed E-state index contributed by atoms with van der Waals surface area (Å²) < 4.78 is 0. The summed E-state index contributed by atoms with van der Waals surface area (Å²) in [7, 11) is 0. The molecule has 15 heteroatoms. The van der Waals surface area contributed by atoms with E-state index in [1.54, 1.807) is 0 Å². The van der Waals surface area contributed by atoms with Gasteiger partial charge in [0.25, 0.3) is 0 Å². The molecule has 37 heavy (non-hydrogen) atoms. The third-order valence-electron chi connectivity index (χ3n) is 5.02. The molecule has 0 aliphatic carbocycles. The molecule has 0 heterocycles. The Hall–Kier alpha value is -4.40. The molecule has 4 unspecified atom stereocenters. The minimum atomic E-state index is -1.53. The smallest absolute Gasteiger partial charge is 0.326 e. The molecular weight excluding hydrogens is 488 g/mol. The van der Waals surface area contributed by atoms with E-state index in [9.17, 15) is 34.2 Å². The molecule has 1 aromatic carbocycles. The van der Waals surface area contributed by atoms with Crippen molar-refractivity contribution in [2.75, 3.05) is 6.54 Å². The van der Waals surface area contributed by atoms with Gasteiger partial charge in [0.1, 0.15) is 23.9 Å². The van der Waals surface area contributed by atoms with Crippen molar-refractivity contribution in [3.8, 4) is 5.75 Å². The molecule has 4 amide bonds. The van der Waals surface area contributed by atoms with Crippen LogP contribution in [0.4, 0.5) is 0 Å². The Balaban J connectivity index is 3.04. The fourth-order valence-corrected chi connectivity index (χ4v) is 3.10. The molecule has 0 radical (unpaired) electrons. The number of carboxylic acids is 1. The van der Waals surface area contributed by atoms with E-state index in [1.165, 1.54) is 31.2 Å². The highest BCUT2D eigenvalue weighted by molar-refractivity contribution is 5.96. The number of primary amides is 1. The second-order valence-corrected chi connectivity index (χ2v) is 8.30. The molecule has 4 atom stereocenters. The highest BCUT2D eigenvalue weighted by Gasteiger charge is 2.31. The topological polar surface area (TPSA) is 278 Å². The number of nitrogens with two attached hydrogens (primary N) is 4. The monoisotopic (exact) mass is 522 g/mol. The van der Waals surface area contributed by atoms with Crippen LogP contribution in [0.1, 0.15) is 31.7 Å². The van der Waals surface area contributed by atoms with Gasteiger partial charge in [-0.1, -0.05) is 12.1 Å². The van der Waals surface area contributed by atoms with Crippen molar-refractivity contribution in [3.63, 3.8) is 0 Å². The number of phenolic OH excluding ortho intramolecular Hbond substituents is 1. The van der Waals surface area contributed by atoms with Crippen LogP contribution < -0.4 is 38.9 Å². The molecular formula is C22H34N8O7. The standard InChI is InChI=1S/C22H34N8O7/c1-11(23)18(33)29-15(9-12-4-6-13(31)7-5-12)19(34)30-16(10-17(24)32)20(35)28-14(21(36)37)3-2-8-27-22(25)26/h4-7,11,14-16,31H,2-3,8-10,23H2,1H3,(H2,24,32)(H,28,35)(H,29,33)(H,30,34)(H,36,37)(H4,25,26,27). The molecule has 0 saturated heterocycles. The molecule has 15 nitrogen and oxygen atoms in total. The van der Waals surface area contributed by atoms with E-state index < -0.39 is 60.2 Å². The summed E-state index contributed by atoms with van der Waals surface area (Å²) in [6, 6.07) is 0.776. The summed E-state index contributed by atoms with van der Waals surface area (Å²) in [5, 5.41) is 26.0. The predicted octanol–water partition coefficient (Wildman–Crippen LogP) is -3.25. The Morgan fingerprint density at radius 2 is 1.43 bits per heavy atom. The van der Waals surface area contributed by atoms with Crippen LogP contribution in [0, 0.1) is 0 Å². The van der Waals surface area contributed by atoms with Gasteiger partial charge in [0.15, 0.2) is 5.96 Å². The maximum Gasteiger partial charge on any atom is 0.326 e. The number of amides is 4. The van der Waals surface area contributed by atoms with Crippen molar-refractivity contribution < 1.29 is 34.2 Å². The first-order valence-electron chi connectivity index (χ1n) is 11.3. The van der Waals surface area contributed by atoms with Crippen molar-refractivity contribution in [1.29, 1.82) is 0 Å². The van der Waals surface area contributed by atoms with E-state index in [-0.39, 0.29) is 37.5 Å². The van der Waals surface area contributed by atoms with Crippen LogP contribution in [0.3, 0.4) is 0 Å². The Kier molecular flexibility index (Phi) is 12.3. The van der Waals surface area contributed by atoms with Gasteiger partial charge < -0.3 is 49.1 Å². The lowest BCUT2D eigenvalue weighted by atomic mass is 10.0. The minimum absolute atomic E-state index is 0.00570. The van der Waals surface area contributed by atoms with Crippen molar-refractivity contribution in [1.82, 2.24) is 16.0 Å². The largest absolute Gasteiger partial charge is 0.508 e. The summed E-state index contributed by atoms with van der Waals surface area (Å²) in [4.78, 5) is 65.0. The van der Waals surface area contributed by atoms with Gasteiger partial charge in [0.2, 0.25) is 23.6 Å². The fraction of sp³-hybridized carbons (Fsp3) is 0.455. The quantitative estimate of drug-likeness (QED) is 0.0630. The molecule has 13 N–H and O–H groups in total. The van der Waals surface area contributed by atoms with Crippen molar-refractivity contribution in [2.45, 2.75) is 56.8 Å². The maximum absolute atomic E-state index is 13.1. The highest BCUT2D eigenvalue weighted by atomic mass is 16.4. The molecule has 1 rings (SSSR count). The van der Waals surface area contributed by atoms with Gasteiger partial charge in [0.05, 0.1) is 12.5 Å². The van der Waals surface area contributed by atoms with Gasteiger partial charge in [-0.05, 0) is 37.5 Å². The number of carbonyl (C=O) groups excluding carboxylic acids is 4. The van der Waals surface area contributed by atoms with Crippen LogP contribution in [0.15, 0.2) is 29.3 Å². The number of nitrogens with zero attached hydrogens (tertiary/aromatic N) is 1. The Morgan fingerprint density at radius 3 is 1.95 bits per heavy atom. The van der Waals surface area contributed by atoms with Crippen LogP contribution in [-0.4, -0.2) is 76.5 Å². The lowest BCUT2D eigenvalue weighted by molar-refractivity contribution is -0.142. The van der Waals surface area contributed by atoms with Gasteiger partial charge in [-0.15, -0.1) is 0 Å². The number of hydrogen-bond acceptors (Lipinski definition) is 8. The Bertz CT molecular complexity index is 993. The number of rotatable bonds is 15. The lowest BCUT2D eigenvalue weighted by Crippen LogP contribution is -2.58. The van der Waals surface area contributed by atoms with Crippen molar-refractivity contribution >= 4 is 35.6 Å². The fourth-order valence-electron chi connectivity index (χ4n) is 3.10. The van der Waals surface area contributed by atoms with E-state index in [0.29, 0.717) is 5.56 Å². The zero-order chi connectivity index (χ0) is 28.1. The van der Waals surface area contributed by atoms with Gasteiger partial charge >= 0.3 is 5.97 Å². The minimum Gasteiger partial charge on any atom is -0.508 e. The van der Waals surface area contributed by atoms with Gasteiger partial charge in [0, 0.05) is 13.0 Å². The predicted molar refractivity (Wildman–Crippen MR) is 133 cm³/mol. The SMILES string of the molecule is CC(N)C(=O)NC(Cc1ccc(O)cc1)C(=O)NC(CC(N)=O)C(=O)NC(CCCN=C(N)N)C(=O)O. The summed E-state index contributed by atoms with van der Waals surface area (Å²) >= 11 is 0. The second kappa shape index (κ2) is 14.9. The van der Waals surface area contributed by atoms with Gasteiger partial charge in [-0.3, -0.25) is 24.2 Å². The number of hydrogen-bond donors (Lipinski definition) is 9. The molecule has 0 fully saturated rings. The normalized spacial score (nSPS) is 13.8. The van der Waals surface area contributed by atoms with Crippen molar-refractivity contribution in [3.05, 3.63) is 29.8 Å². The van der Waals surface area contributed by atoms with Crippen LogP contribution >= 0.6 is 0 Å². The van der Waals surface area contributed by atoms with Crippen LogP contribution in [0.5, 0.6) is 5.75 Å². The summed E-state index contributed by atoms with van der Waals surface area (Å²) in [6.07, 6.45) is -0.494. The van der Waals surface area contributed by atoms with Gasteiger partial charge in [-0.25, -0.2) is 4.79 Å². The highest BCUT2D eigenvalue weighted by Crippen LogP contribution is 2.12. The maximum atomic E-state index is 13.1. The van der Waals surface area contributed by atoms with E-state index in [2.05, 4.69) is 20.9 Å². The number of carbonyl (C=O) groups is 5. The summed E-state index contributed by atoms with van der Waals surface area (Å²) in [5.74, 6) is -4.92. The Morgan fingerprint density at radius 1 is 0.892 bits per heavy atom. The molecule has 0 aliphatic heterocycles. The van der Waals surface area contributed by atoms with Crippen LogP contribution in [-0.2, 0) is 30.4 Å². The first-order chi connectivity index (χ1) is 17.3. The number of nitrogens with one attached hydrogen (secondary N) is 3. The zero-order valence-electron chi connectivity index (χ0n) is 20.3. The number of aromatic hydroxyl groups is 1. The van der Waals surface area contributed by atoms with E-state index >= 15 is 0 Å². The number of guanidine groups is 1. The number of carboxylic acid groups (broad SMARTS) is 1. The third kappa shape index (κ3) is 11.7. The Labute approximate surface area is 213 Å². The average Bonchev–Trinajstić information content (AvgIpc) is 2.80. The lowest BCUT2D eigenvalue weighted by Gasteiger charge is -2.24. The van der Waals surface area contributed by atoms with E-state index in [1.807, 2.05) is 0 Å². The second-order valence-electron chi connectivity index (χ2n) is 8.30. The van der Waals surface area contributed by atoms with E-state index in [0.717, 1.165) is 0 Å². The average molecular weight is 523 g/mol. The molecule has 0 aromatic heterocycles. The number of phenols is 1. The van der Waals surface area contributed by atoms with Gasteiger partial charge in [-0.2, -0.15) is 0 Å². The number of benzene rings is 1. The zero-order valence-corrected chi connectivity index (χ0v) is 20.3. The van der Waals surface area contributed by atoms with Crippen LogP contribution in [0.2, 0.25) is 0 Å². The molecule has 0 bridgehead atoms. The number of aliphatic imine (C=N–C) groups is 1. The molecule has 0 spiro atoms. The first-order valence-corrected chi connectivity index (χ1v) is 11.3. The molecule has 0 aliphatic rings. The van der Waals surface area contributed by atoms with E-state index in [4.69, 9.17) is 22.9 Å². The number of aliphatic carboxylic acids is 1. The summed E-state index contributed by atoms with van der Waals surface area (Å²) in [6.45, 7) is 1.54. The van der Waals surface area contributed by atoms with Crippen molar-refractivity contribution in [2.24, 2.45) is 27.9 Å². The molecule has 0 saturated carbocycles. The molecule has 1 aromatic rings. The first kappa shape index (κ1) is 30.6. The molecule has 204 valence electrons.